The third-order valence-corrected chi connectivity index (χ3v) is 1.38. The molecule has 0 aromatic carbocycles. The van der Waals surface area contributed by atoms with Gasteiger partial charge >= 0.3 is 5.97 Å². The van der Waals surface area contributed by atoms with Crippen molar-refractivity contribution in [3.05, 3.63) is 12.3 Å². The number of carbonyl (C=O) groups is 1. The van der Waals surface area contributed by atoms with Crippen molar-refractivity contribution < 1.29 is 14.6 Å². The Balaban J connectivity index is 3.03. The van der Waals surface area contributed by atoms with Gasteiger partial charge in [-0.15, -0.1) is 0 Å². The minimum atomic E-state index is -0.945. The Hall–Kier alpha value is -1.03. The number of carboxylic acid groups (broad SMARTS) is 1. The molecular formula is C9H17NO3. The van der Waals surface area contributed by atoms with Gasteiger partial charge in [-0.2, -0.15) is 0 Å². The van der Waals surface area contributed by atoms with Crippen LogP contribution in [-0.2, 0) is 9.53 Å². The lowest BCUT2D eigenvalue weighted by Gasteiger charge is -2.02. The van der Waals surface area contributed by atoms with Crippen LogP contribution < -0.4 is 5.32 Å². The van der Waals surface area contributed by atoms with Gasteiger partial charge in [0.1, 0.15) is 0 Å². The molecule has 0 unspecified atom stereocenters. The van der Waals surface area contributed by atoms with Gasteiger partial charge in [0.05, 0.1) is 6.61 Å². The average molecular weight is 187 g/mol. The van der Waals surface area contributed by atoms with Crippen molar-refractivity contribution in [2.75, 3.05) is 19.8 Å². The fourth-order valence-corrected chi connectivity index (χ4v) is 0.693. The van der Waals surface area contributed by atoms with E-state index in [2.05, 4.69) is 12.2 Å². The summed E-state index contributed by atoms with van der Waals surface area (Å²) in [7, 11) is 0. The summed E-state index contributed by atoms with van der Waals surface area (Å²) >= 11 is 0. The molecule has 0 saturated carbocycles. The van der Waals surface area contributed by atoms with Crippen molar-refractivity contribution in [3.8, 4) is 0 Å². The summed E-state index contributed by atoms with van der Waals surface area (Å²) in [5, 5.41) is 11.0. The number of unbranched alkanes of at least 4 members (excludes halogenated alkanes) is 1. The minimum Gasteiger partial charge on any atom is -0.478 e. The van der Waals surface area contributed by atoms with E-state index in [9.17, 15) is 4.79 Å². The number of rotatable bonds is 8. The van der Waals surface area contributed by atoms with E-state index < -0.39 is 5.97 Å². The van der Waals surface area contributed by atoms with Gasteiger partial charge in [-0.3, -0.25) is 0 Å². The van der Waals surface area contributed by atoms with Gasteiger partial charge in [0.2, 0.25) is 0 Å². The van der Waals surface area contributed by atoms with Gasteiger partial charge in [0.15, 0.2) is 0 Å². The molecule has 2 N–H and O–H groups in total. The van der Waals surface area contributed by atoms with Crippen molar-refractivity contribution in [1.82, 2.24) is 5.32 Å². The van der Waals surface area contributed by atoms with Crippen LogP contribution in [0.3, 0.4) is 0 Å². The smallest absolute Gasteiger partial charge is 0.329 e. The SMILES string of the molecule is CCCCOCCN/C=C/C(=O)O. The molecule has 76 valence electrons. The van der Waals surface area contributed by atoms with Crippen LogP contribution in [-0.4, -0.2) is 30.8 Å². The molecule has 0 fully saturated rings. The predicted octanol–water partition coefficient (Wildman–Crippen LogP) is 0.991. The third-order valence-electron chi connectivity index (χ3n) is 1.38. The maximum absolute atomic E-state index is 10.0. The lowest BCUT2D eigenvalue weighted by molar-refractivity contribution is -0.131. The van der Waals surface area contributed by atoms with E-state index in [0.29, 0.717) is 13.2 Å². The first kappa shape index (κ1) is 12.0. The first-order valence-corrected chi connectivity index (χ1v) is 4.48. The van der Waals surface area contributed by atoms with Gasteiger partial charge in [0, 0.05) is 25.4 Å². The molecule has 0 bridgehead atoms. The van der Waals surface area contributed by atoms with Gasteiger partial charge in [-0.25, -0.2) is 4.79 Å². The highest BCUT2D eigenvalue weighted by Gasteiger charge is 1.86. The summed E-state index contributed by atoms with van der Waals surface area (Å²) in [5.74, 6) is -0.945. The van der Waals surface area contributed by atoms with Gasteiger partial charge in [-0.05, 0) is 6.42 Å². The predicted molar refractivity (Wildman–Crippen MR) is 50.5 cm³/mol. The number of hydrogen-bond acceptors (Lipinski definition) is 3. The molecule has 4 heteroatoms. The first-order chi connectivity index (χ1) is 6.27. The van der Waals surface area contributed by atoms with E-state index >= 15 is 0 Å². The van der Waals surface area contributed by atoms with Crippen LogP contribution in [0.4, 0.5) is 0 Å². The maximum atomic E-state index is 10.0. The fraction of sp³-hybridized carbons (Fsp3) is 0.667. The largest absolute Gasteiger partial charge is 0.478 e. The quantitative estimate of drug-likeness (QED) is 0.439. The van der Waals surface area contributed by atoms with Gasteiger partial charge in [-0.1, -0.05) is 13.3 Å². The Bertz CT molecular complexity index is 157. The van der Waals surface area contributed by atoms with E-state index in [1.807, 2.05) is 0 Å². The van der Waals surface area contributed by atoms with Crippen LogP contribution >= 0.6 is 0 Å². The fourth-order valence-electron chi connectivity index (χ4n) is 0.693. The molecule has 0 amide bonds. The second-order valence-electron chi connectivity index (χ2n) is 2.59. The first-order valence-electron chi connectivity index (χ1n) is 4.48. The Labute approximate surface area is 78.6 Å². The zero-order valence-electron chi connectivity index (χ0n) is 7.95. The van der Waals surface area contributed by atoms with Crippen molar-refractivity contribution in [2.45, 2.75) is 19.8 Å². The van der Waals surface area contributed by atoms with Crippen LogP contribution in [0.2, 0.25) is 0 Å². The highest BCUT2D eigenvalue weighted by molar-refractivity contribution is 5.79. The Morgan fingerprint density at radius 3 is 2.92 bits per heavy atom. The standard InChI is InChI=1S/C9H17NO3/c1-2-3-7-13-8-6-10-5-4-9(11)12/h4-5,10H,2-3,6-8H2,1H3,(H,11,12)/b5-4+. The molecule has 0 aliphatic heterocycles. The van der Waals surface area contributed by atoms with E-state index in [-0.39, 0.29) is 0 Å². The van der Waals surface area contributed by atoms with E-state index in [4.69, 9.17) is 9.84 Å². The second-order valence-corrected chi connectivity index (χ2v) is 2.59. The Morgan fingerprint density at radius 2 is 2.31 bits per heavy atom. The lowest BCUT2D eigenvalue weighted by atomic mass is 10.4. The topological polar surface area (TPSA) is 58.6 Å². The lowest BCUT2D eigenvalue weighted by Crippen LogP contribution is -2.14. The normalized spacial score (nSPS) is 10.5. The molecule has 0 spiro atoms. The molecular weight excluding hydrogens is 170 g/mol. The van der Waals surface area contributed by atoms with Crippen LogP contribution in [0.25, 0.3) is 0 Å². The zero-order chi connectivity index (χ0) is 9.94. The number of ether oxygens (including phenoxy) is 1. The van der Waals surface area contributed by atoms with Crippen molar-refractivity contribution in [1.29, 1.82) is 0 Å². The zero-order valence-corrected chi connectivity index (χ0v) is 7.95. The summed E-state index contributed by atoms with van der Waals surface area (Å²) < 4.78 is 5.24. The average Bonchev–Trinajstić information content (AvgIpc) is 2.09. The summed E-state index contributed by atoms with van der Waals surface area (Å²) in [6, 6.07) is 0. The summed E-state index contributed by atoms with van der Waals surface area (Å²) in [4.78, 5) is 10.0. The third kappa shape index (κ3) is 11.0. The van der Waals surface area contributed by atoms with Crippen LogP contribution in [0, 0.1) is 0 Å². The maximum Gasteiger partial charge on any atom is 0.329 e. The highest BCUT2D eigenvalue weighted by atomic mass is 16.5. The minimum absolute atomic E-state index is 0.615. The van der Waals surface area contributed by atoms with E-state index in [1.165, 1.54) is 6.20 Å². The molecule has 13 heavy (non-hydrogen) atoms. The molecule has 0 rings (SSSR count). The molecule has 0 aromatic rings. The monoisotopic (exact) mass is 187 g/mol. The Morgan fingerprint density at radius 1 is 1.54 bits per heavy atom. The number of nitrogens with one attached hydrogen (secondary N) is 1. The van der Waals surface area contributed by atoms with Gasteiger partial charge < -0.3 is 15.2 Å². The Kier molecular flexibility index (Phi) is 8.34. The van der Waals surface area contributed by atoms with E-state index in [0.717, 1.165) is 25.5 Å². The van der Waals surface area contributed by atoms with Crippen molar-refractivity contribution in [2.24, 2.45) is 0 Å². The van der Waals surface area contributed by atoms with Crippen LogP contribution in [0.1, 0.15) is 19.8 Å². The van der Waals surface area contributed by atoms with E-state index in [1.54, 1.807) is 0 Å². The molecule has 4 nitrogen and oxygen atoms in total. The summed E-state index contributed by atoms with van der Waals surface area (Å²) in [6.07, 6.45) is 4.68. The van der Waals surface area contributed by atoms with Crippen LogP contribution in [0.5, 0.6) is 0 Å². The molecule has 0 aromatic heterocycles. The number of aliphatic carboxylic acids is 1. The molecule has 0 heterocycles. The highest BCUT2D eigenvalue weighted by Crippen LogP contribution is 1.86. The molecule has 0 aliphatic carbocycles. The van der Waals surface area contributed by atoms with Crippen molar-refractivity contribution in [3.63, 3.8) is 0 Å². The molecule has 0 saturated heterocycles. The summed E-state index contributed by atoms with van der Waals surface area (Å²) in [6.45, 7) is 4.15. The molecule has 0 atom stereocenters. The molecule has 0 radical (unpaired) electrons. The molecule has 0 aliphatic rings. The number of carboxylic acids is 1. The van der Waals surface area contributed by atoms with Crippen molar-refractivity contribution >= 4 is 5.97 Å². The number of hydrogen-bond donors (Lipinski definition) is 2. The second kappa shape index (κ2) is 9.06. The van der Waals surface area contributed by atoms with Crippen LogP contribution in [0.15, 0.2) is 12.3 Å². The summed E-state index contributed by atoms with van der Waals surface area (Å²) in [5.41, 5.74) is 0. The van der Waals surface area contributed by atoms with Gasteiger partial charge in [0.25, 0.3) is 0 Å².